The average Bonchev–Trinajstić information content (AvgIpc) is 2.78. The Kier molecular flexibility index (Phi) is 6.23. The lowest BCUT2D eigenvalue weighted by molar-refractivity contribution is -0.111. The number of hydrogen-bond donors (Lipinski definition) is 2. The van der Waals surface area contributed by atoms with Crippen LogP contribution in [0.3, 0.4) is 0 Å². The first-order valence-corrected chi connectivity index (χ1v) is 10.6. The van der Waals surface area contributed by atoms with E-state index < -0.39 is 0 Å². The third kappa shape index (κ3) is 4.77. The van der Waals surface area contributed by atoms with Crippen molar-refractivity contribution in [3.05, 3.63) is 83.9 Å². The molecule has 0 aromatic heterocycles. The van der Waals surface area contributed by atoms with Gasteiger partial charge < -0.3 is 10.6 Å². The smallest absolute Gasteiger partial charge is 0.253 e. The lowest BCUT2D eigenvalue weighted by Crippen LogP contribution is -2.36. The fourth-order valence-corrected chi connectivity index (χ4v) is 4.04. The molecule has 2 N–H and O–H groups in total. The van der Waals surface area contributed by atoms with Gasteiger partial charge in [-0.25, -0.2) is 0 Å². The third-order valence-corrected chi connectivity index (χ3v) is 5.61. The Labute approximate surface area is 177 Å². The molecule has 3 aromatic rings. The van der Waals surface area contributed by atoms with Crippen molar-refractivity contribution in [1.82, 2.24) is 5.32 Å². The highest BCUT2D eigenvalue weighted by Gasteiger charge is 2.18. The predicted octanol–water partition coefficient (Wildman–Crippen LogP) is 5.55. The molecule has 4 heteroatoms. The second kappa shape index (κ2) is 9.40. The Balaban J connectivity index is 1.47. The Morgan fingerprint density at radius 2 is 1.57 bits per heavy atom. The van der Waals surface area contributed by atoms with Crippen molar-refractivity contribution in [3.63, 3.8) is 0 Å². The van der Waals surface area contributed by atoms with Crippen LogP contribution in [-0.4, -0.2) is 17.9 Å². The number of hydrogen-bond acceptors (Lipinski definition) is 2. The molecule has 30 heavy (non-hydrogen) atoms. The maximum Gasteiger partial charge on any atom is 0.253 e. The molecular formula is C26H26N2O2. The van der Waals surface area contributed by atoms with E-state index in [4.69, 9.17) is 0 Å². The first kappa shape index (κ1) is 19.9. The summed E-state index contributed by atoms with van der Waals surface area (Å²) >= 11 is 0. The molecule has 1 aliphatic rings. The van der Waals surface area contributed by atoms with E-state index >= 15 is 0 Å². The van der Waals surface area contributed by atoms with Crippen molar-refractivity contribution in [2.75, 3.05) is 5.32 Å². The summed E-state index contributed by atoms with van der Waals surface area (Å²) in [5.41, 5.74) is 2.00. The molecule has 0 atom stereocenters. The minimum absolute atomic E-state index is 0.129. The quantitative estimate of drug-likeness (QED) is 0.553. The molecular weight excluding hydrogens is 372 g/mol. The number of carbonyl (C=O) groups excluding carboxylic acids is 2. The highest BCUT2D eigenvalue weighted by atomic mass is 16.2. The first-order chi connectivity index (χ1) is 14.7. The molecule has 0 radical (unpaired) electrons. The van der Waals surface area contributed by atoms with Crippen molar-refractivity contribution in [3.8, 4) is 0 Å². The van der Waals surface area contributed by atoms with E-state index in [0.29, 0.717) is 11.3 Å². The van der Waals surface area contributed by atoms with Crippen LogP contribution in [0.25, 0.3) is 16.8 Å². The number of benzene rings is 3. The van der Waals surface area contributed by atoms with Crippen LogP contribution in [0.1, 0.15) is 48.0 Å². The summed E-state index contributed by atoms with van der Waals surface area (Å²) in [6.45, 7) is 0. The van der Waals surface area contributed by atoms with Crippen LogP contribution in [-0.2, 0) is 4.79 Å². The van der Waals surface area contributed by atoms with E-state index in [9.17, 15) is 9.59 Å². The van der Waals surface area contributed by atoms with Crippen LogP contribution >= 0.6 is 0 Å². The molecule has 0 bridgehead atoms. The van der Waals surface area contributed by atoms with Gasteiger partial charge in [-0.3, -0.25) is 9.59 Å². The van der Waals surface area contributed by atoms with Crippen molar-refractivity contribution >= 4 is 34.4 Å². The monoisotopic (exact) mass is 398 g/mol. The maximum absolute atomic E-state index is 12.8. The van der Waals surface area contributed by atoms with Gasteiger partial charge in [-0.15, -0.1) is 0 Å². The Morgan fingerprint density at radius 3 is 2.43 bits per heavy atom. The van der Waals surface area contributed by atoms with Crippen LogP contribution in [0.15, 0.2) is 72.8 Å². The van der Waals surface area contributed by atoms with E-state index in [1.54, 1.807) is 12.1 Å². The van der Waals surface area contributed by atoms with Gasteiger partial charge in [0.25, 0.3) is 5.91 Å². The first-order valence-electron chi connectivity index (χ1n) is 10.6. The Bertz CT molecular complexity index is 1080. The number of rotatable bonds is 5. The van der Waals surface area contributed by atoms with E-state index in [-0.39, 0.29) is 17.9 Å². The molecule has 0 aliphatic heterocycles. The number of fused-ring (bicyclic) bond motifs is 1. The summed E-state index contributed by atoms with van der Waals surface area (Å²) < 4.78 is 0. The second-order valence-corrected chi connectivity index (χ2v) is 7.74. The molecule has 1 aliphatic carbocycles. The topological polar surface area (TPSA) is 58.2 Å². The van der Waals surface area contributed by atoms with Gasteiger partial charge in [0, 0.05) is 12.1 Å². The van der Waals surface area contributed by atoms with Crippen molar-refractivity contribution < 1.29 is 9.59 Å². The molecule has 0 spiro atoms. The zero-order valence-corrected chi connectivity index (χ0v) is 16.9. The van der Waals surface area contributed by atoms with Crippen LogP contribution in [0.2, 0.25) is 0 Å². The lowest BCUT2D eigenvalue weighted by atomic mass is 9.95. The molecule has 1 saturated carbocycles. The number of amides is 2. The summed E-state index contributed by atoms with van der Waals surface area (Å²) in [5.74, 6) is -0.392. The lowest BCUT2D eigenvalue weighted by Gasteiger charge is -2.23. The summed E-state index contributed by atoms with van der Waals surface area (Å²) in [7, 11) is 0. The molecule has 4 nitrogen and oxygen atoms in total. The molecule has 4 rings (SSSR count). The number of carbonyl (C=O) groups is 2. The predicted molar refractivity (Wildman–Crippen MR) is 122 cm³/mol. The van der Waals surface area contributed by atoms with Gasteiger partial charge in [0.2, 0.25) is 5.91 Å². The Hall–Kier alpha value is -3.40. The standard InChI is InChI=1S/C26H26N2O2/c29-25(18-17-20-11-8-10-19-9-4-5-14-22(19)20)28-24-16-7-6-15-23(24)26(30)27-21-12-2-1-3-13-21/h4-11,14-18,21H,1-3,12-13H2,(H,27,30)(H,28,29). The zero-order valence-electron chi connectivity index (χ0n) is 16.9. The fraction of sp³-hybridized carbons (Fsp3) is 0.231. The van der Waals surface area contributed by atoms with E-state index in [1.165, 1.54) is 12.5 Å². The van der Waals surface area contributed by atoms with Gasteiger partial charge in [0.15, 0.2) is 0 Å². The molecule has 152 valence electrons. The van der Waals surface area contributed by atoms with Gasteiger partial charge in [-0.2, -0.15) is 0 Å². The largest absolute Gasteiger partial charge is 0.349 e. The van der Waals surface area contributed by atoms with Gasteiger partial charge in [0.1, 0.15) is 0 Å². The van der Waals surface area contributed by atoms with E-state index in [0.717, 1.165) is 42.0 Å². The fourth-order valence-electron chi connectivity index (χ4n) is 4.04. The SMILES string of the molecule is O=C(C=Cc1cccc2ccccc12)Nc1ccccc1C(=O)NC1CCCCC1. The normalized spacial score (nSPS) is 14.7. The van der Waals surface area contributed by atoms with Gasteiger partial charge in [-0.1, -0.05) is 73.9 Å². The average molecular weight is 399 g/mol. The zero-order chi connectivity index (χ0) is 20.8. The molecule has 0 saturated heterocycles. The van der Waals surface area contributed by atoms with Crippen molar-refractivity contribution in [1.29, 1.82) is 0 Å². The summed E-state index contributed by atoms with van der Waals surface area (Å²) in [6, 6.07) is 21.5. The molecule has 0 heterocycles. The highest BCUT2D eigenvalue weighted by Crippen LogP contribution is 2.21. The summed E-state index contributed by atoms with van der Waals surface area (Å²) in [4.78, 5) is 25.3. The van der Waals surface area contributed by atoms with Crippen LogP contribution in [0.5, 0.6) is 0 Å². The maximum atomic E-state index is 12.8. The molecule has 3 aromatic carbocycles. The van der Waals surface area contributed by atoms with Crippen molar-refractivity contribution in [2.24, 2.45) is 0 Å². The van der Waals surface area contributed by atoms with E-state index in [1.807, 2.05) is 60.7 Å². The second-order valence-electron chi connectivity index (χ2n) is 7.74. The van der Waals surface area contributed by atoms with Gasteiger partial charge >= 0.3 is 0 Å². The summed E-state index contributed by atoms with van der Waals surface area (Å²) in [5, 5.41) is 8.20. The molecule has 1 fully saturated rings. The molecule has 0 unspecified atom stereocenters. The van der Waals surface area contributed by atoms with Gasteiger partial charge in [-0.05, 0) is 47.4 Å². The van der Waals surface area contributed by atoms with E-state index in [2.05, 4.69) is 10.6 Å². The summed E-state index contributed by atoms with van der Waals surface area (Å²) in [6.07, 6.45) is 8.91. The van der Waals surface area contributed by atoms with Crippen molar-refractivity contribution in [2.45, 2.75) is 38.1 Å². The molecule has 2 amide bonds. The van der Waals surface area contributed by atoms with Gasteiger partial charge in [0.05, 0.1) is 11.3 Å². The number of nitrogens with one attached hydrogen (secondary N) is 2. The van der Waals surface area contributed by atoms with Crippen LogP contribution in [0.4, 0.5) is 5.69 Å². The third-order valence-electron chi connectivity index (χ3n) is 5.61. The Morgan fingerprint density at radius 1 is 0.833 bits per heavy atom. The minimum Gasteiger partial charge on any atom is -0.349 e. The van der Waals surface area contributed by atoms with Crippen LogP contribution < -0.4 is 10.6 Å². The minimum atomic E-state index is -0.263. The number of anilines is 1. The highest BCUT2D eigenvalue weighted by molar-refractivity contribution is 6.08. The number of para-hydroxylation sites is 1. The van der Waals surface area contributed by atoms with Crippen LogP contribution in [0, 0.1) is 0 Å².